The first-order valence-electron chi connectivity index (χ1n) is 8.21. The molecule has 2 heterocycles. The number of aromatic nitrogens is 2. The lowest BCUT2D eigenvalue weighted by Crippen LogP contribution is -2.42. The normalized spacial score (nSPS) is 15.0. The molecule has 128 valence electrons. The van der Waals surface area contributed by atoms with Gasteiger partial charge in [0.1, 0.15) is 6.10 Å². The molecule has 1 aromatic heterocycles. The SMILES string of the molecule is CCO[C@@H](C)c1noc(CNC(=O)N2CCc3ccccc3C2)n1. The van der Waals surface area contributed by atoms with Crippen molar-refractivity contribution < 1.29 is 14.1 Å². The quantitative estimate of drug-likeness (QED) is 0.911. The number of nitrogens with one attached hydrogen (secondary N) is 1. The lowest BCUT2D eigenvalue weighted by Gasteiger charge is -2.28. The van der Waals surface area contributed by atoms with Gasteiger partial charge in [-0.1, -0.05) is 29.4 Å². The van der Waals surface area contributed by atoms with Crippen LogP contribution in [0.25, 0.3) is 0 Å². The predicted molar refractivity (Wildman–Crippen MR) is 87.1 cm³/mol. The molecule has 7 heteroatoms. The van der Waals surface area contributed by atoms with E-state index in [4.69, 9.17) is 9.26 Å². The highest BCUT2D eigenvalue weighted by atomic mass is 16.5. The first-order valence-corrected chi connectivity index (χ1v) is 8.21. The summed E-state index contributed by atoms with van der Waals surface area (Å²) in [6, 6.07) is 8.09. The van der Waals surface area contributed by atoms with Gasteiger partial charge in [0.05, 0.1) is 6.54 Å². The third-order valence-corrected chi connectivity index (χ3v) is 4.07. The monoisotopic (exact) mass is 330 g/mol. The maximum Gasteiger partial charge on any atom is 0.318 e. The van der Waals surface area contributed by atoms with Crippen molar-refractivity contribution in [3.05, 3.63) is 47.1 Å². The average molecular weight is 330 g/mol. The van der Waals surface area contributed by atoms with E-state index < -0.39 is 0 Å². The number of carbonyl (C=O) groups excluding carboxylic acids is 1. The zero-order valence-corrected chi connectivity index (χ0v) is 14.0. The molecular formula is C17H22N4O3. The van der Waals surface area contributed by atoms with Crippen LogP contribution in [-0.4, -0.2) is 34.2 Å². The summed E-state index contributed by atoms with van der Waals surface area (Å²) in [6.07, 6.45) is 0.655. The van der Waals surface area contributed by atoms with Crippen molar-refractivity contribution in [1.29, 1.82) is 0 Å². The van der Waals surface area contributed by atoms with Gasteiger partial charge in [-0.15, -0.1) is 0 Å². The molecule has 0 bridgehead atoms. The van der Waals surface area contributed by atoms with E-state index in [1.54, 1.807) is 4.90 Å². The van der Waals surface area contributed by atoms with Gasteiger partial charge in [-0.05, 0) is 31.4 Å². The van der Waals surface area contributed by atoms with Crippen molar-refractivity contribution >= 4 is 6.03 Å². The first kappa shape index (κ1) is 16.4. The molecule has 2 amide bonds. The van der Waals surface area contributed by atoms with Crippen molar-refractivity contribution in [3.8, 4) is 0 Å². The largest absolute Gasteiger partial charge is 0.371 e. The molecule has 0 aliphatic carbocycles. The third kappa shape index (κ3) is 3.73. The fourth-order valence-corrected chi connectivity index (χ4v) is 2.76. The maximum absolute atomic E-state index is 12.3. The van der Waals surface area contributed by atoms with E-state index >= 15 is 0 Å². The zero-order valence-electron chi connectivity index (χ0n) is 14.0. The maximum atomic E-state index is 12.3. The van der Waals surface area contributed by atoms with Crippen molar-refractivity contribution in [2.24, 2.45) is 0 Å². The van der Waals surface area contributed by atoms with Gasteiger partial charge < -0.3 is 19.5 Å². The van der Waals surface area contributed by atoms with E-state index in [-0.39, 0.29) is 18.7 Å². The van der Waals surface area contributed by atoms with Crippen molar-refractivity contribution in [2.45, 2.75) is 39.5 Å². The molecule has 7 nitrogen and oxygen atoms in total. The number of fused-ring (bicyclic) bond motifs is 1. The highest BCUT2D eigenvalue weighted by Crippen LogP contribution is 2.18. The van der Waals surface area contributed by atoms with Crippen molar-refractivity contribution in [3.63, 3.8) is 0 Å². The summed E-state index contributed by atoms with van der Waals surface area (Å²) >= 11 is 0. The lowest BCUT2D eigenvalue weighted by atomic mass is 10.0. The number of hydrogen-bond donors (Lipinski definition) is 1. The highest BCUT2D eigenvalue weighted by Gasteiger charge is 2.21. The van der Waals surface area contributed by atoms with Crippen LogP contribution in [0.4, 0.5) is 4.79 Å². The summed E-state index contributed by atoms with van der Waals surface area (Å²) < 4.78 is 10.6. The van der Waals surface area contributed by atoms with Crippen LogP contribution in [0.5, 0.6) is 0 Å². The summed E-state index contributed by atoms with van der Waals surface area (Å²) in [4.78, 5) is 18.4. The second-order valence-corrected chi connectivity index (χ2v) is 5.74. The Morgan fingerprint density at radius 2 is 2.21 bits per heavy atom. The van der Waals surface area contributed by atoms with Crippen LogP contribution in [0, 0.1) is 0 Å². The van der Waals surface area contributed by atoms with Gasteiger partial charge in [0.25, 0.3) is 0 Å². The molecule has 2 aromatic rings. The van der Waals surface area contributed by atoms with Gasteiger partial charge in [-0.2, -0.15) is 4.98 Å². The van der Waals surface area contributed by atoms with Gasteiger partial charge in [-0.25, -0.2) is 4.79 Å². The van der Waals surface area contributed by atoms with Gasteiger partial charge in [0.15, 0.2) is 5.82 Å². The minimum absolute atomic E-state index is 0.123. The smallest absolute Gasteiger partial charge is 0.318 e. The van der Waals surface area contributed by atoms with Gasteiger partial charge in [0, 0.05) is 19.7 Å². The van der Waals surface area contributed by atoms with Gasteiger partial charge >= 0.3 is 6.03 Å². The topological polar surface area (TPSA) is 80.5 Å². The standard InChI is InChI=1S/C17H22N4O3/c1-3-23-12(2)16-19-15(24-20-16)10-18-17(22)21-9-8-13-6-4-5-7-14(13)11-21/h4-7,12H,3,8-11H2,1-2H3,(H,18,22)/t12-/m0/s1. The Bertz CT molecular complexity index is 701. The number of nitrogens with zero attached hydrogens (tertiary/aromatic N) is 3. The number of ether oxygens (including phenoxy) is 1. The fraction of sp³-hybridized carbons (Fsp3) is 0.471. The second-order valence-electron chi connectivity index (χ2n) is 5.74. The predicted octanol–water partition coefficient (Wildman–Crippen LogP) is 2.44. The van der Waals surface area contributed by atoms with Gasteiger partial charge in [0.2, 0.25) is 5.89 Å². The highest BCUT2D eigenvalue weighted by molar-refractivity contribution is 5.74. The zero-order chi connectivity index (χ0) is 16.9. The third-order valence-electron chi connectivity index (χ3n) is 4.07. The van der Waals surface area contributed by atoms with Crippen LogP contribution in [0.2, 0.25) is 0 Å². The summed E-state index contributed by atoms with van der Waals surface area (Å²) in [6.45, 7) is 5.90. The molecule has 0 spiro atoms. The number of hydrogen-bond acceptors (Lipinski definition) is 5. The molecule has 0 saturated heterocycles. The molecule has 1 atom stereocenters. The van der Waals surface area contributed by atoms with Crippen LogP contribution in [0.15, 0.2) is 28.8 Å². The molecule has 0 unspecified atom stereocenters. The molecule has 1 aliphatic rings. The molecule has 1 aliphatic heterocycles. The van der Waals surface area contributed by atoms with E-state index in [0.29, 0.717) is 31.4 Å². The summed E-state index contributed by atoms with van der Waals surface area (Å²) in [5, 5.41) is 6.71. The van der Waals surface area contributed by atoms with Crippen LogP contribution in [-0.2, 0) is 24.2 Å². The van der Waals surface area contributed by atoms with Crippen LogP contribution in [0.1, 0.15) is 42.8 Å². The fourth-order valence-electron chi connectivity index (χ4n) is 2.76. The molecule has 0 saturated carbocycles. The number of amides is 2. The first-order chi connectivity index (χ1) is 11.7. The molecule has 0 fully saturated rings. The average Bonchev–Trinajstić information content (AvgIpc) is 3.08. The van der Waals surface area contributed by atoms with E-state index in [1.165, 1.54) is 11.1 Å². The molecule has 1 N–H and O–H groups in total. The Kier molecular flexibility index (Phi) is 5.10. The number of carbonyl (C=O) groups is 1. The minimum Gasteiger partial charge on any atom is -0.371 e. The number of rotatable bonds is 5. The van der Waals surface area contributed by atoms with E-state index in [9.17, 15) is 4.79 Å². The van der Waals surface area contributed by atoms with E-state index in [1.807, 2.05) is 26.0 Å². The lowest BCUT2D eigenvalue weighted by molar-refractivity contribution is 0.0683. The summed E-state index contributed by atoms with van der Waals surface area (Å²) in [5.41, 5.74) is 2.51. The Hall–Kier alpha value is -2.41. The molecular weight excluding hydrogens is 308 g/mol. The molecule has 24 heavy (non-hydrogen) atoms. The Morgan fingerprint density at radius 3 is 3.00 bits per heavy atom. The number of benzene rings is 1. The molecule has 1 aromatic carbocycles. The Balaban J connectivity index is 1.53. The van der Waals surface area contributed by atoms with Crippen LogP contribution in [0.3, 0.4) is 0 Å². The summed E-state index contributed by atoms with van der Waals surface area (Å²) in [5.74, 6) is 0.871. The van der Waals surface area contributed by atoms with Crippen LogP contribution < -0.4 is 5.32 Å². The number of urea groups is 1. The van der Waals surface area contributed by atoms with Gasteiger partial charge in [-0.3, -0.25) is 0 Å². The van der Waals surface area contributed by atoms with Crippen molar-refractivity contribution in [2.75, 3.05) is 13.2 Å². The molecule has 3 rings (SSSR count). The van der Waals surface area contributed by atoms with Crippen LogP contribution >= 0.6 is 0 Å². The summed E-state index contributed by atoms with van der Waals surface area (Å²) in [7, 11) is 0. The Labute approximate surface area is 141 Å². The molecule has 0 radical (unpaired) electrons. The Morgan fingerprint density at radius 1 is 1.42 bits per heavy atom. The van der Waals surface area contributed by atoms with Crippen molar-refractivity contribution in [1.82, 2.24) is 20.4 Å². The second kappa shape index (κ2) is 7.44. The minimum atomic E-state index is -0.221. The van der Waals surface area contributed by atoms with E-state index in [2.05, 4.69) is 27.6 Å². The van der Waals surface area contributed by atoms with E-state index in [0.717, 1.165) is 6.42 Å².